The fourth-order valence-corrected chi connectivity index (χ4v) is 2.81. The average molecular weight is 266 g/mol. The van der Waals surface area contributed by atoms with Crippen LogP contribution in [0, 0.1) is 0 Å². The number of fused-ring (bicyclic) bond motifs is 1. The van der Waals surface area contributed by atoms with Crippen LogP contribution in [0.25, 0.3) is 12.2 Å². The standard InChI is InChI=1S/C16H14N2S/c1-12-9-15-16(19-11-12)17-10-14(18-15)8-7-13-5-3-2-4-6-13/h2-8,10H,1,9,11H2/b8-7+. The normalized spacial score (nSPS) is 14.6. The second-order valence-corrected chi connectivity index (χ2v) is 5.47. The summed E-state index contributed by atoms with van der Waals surface area (Å²) >= 11 is 1.72. The maximum atomic E-state index is 4.65. The second-order valence-electron chi connectivity index (χ2n) is 4.51. The number of aromatic nitrogens is 2. The molecule has 0 unspecified atom stereocenters. The van der Waals surface area contributed by atoms with Crippen molar-refractivity contribution in [2.75, 3.05) is 5.75 Å². The van der Waals surface area contributed by atoms with E-state index >= 15 is 0 Å². The number of hydrogen-bond donors (Lipinski definition) is 0. The van der Waals surface area contributed by atoms with E-state index in [1.54, 1.807) is 11.8 Å². The second kappa shape index (κ2) is 5.41. The molecule has 0 amide bonds. The first-order valence-corrected chi connectivity index (χ1v) is 7.18. The summed E-state index contributed by atoms with van der Waals surface area (Å²) in [5.41, 5.74) is 4.34. The first kappa shape index (κ1) is 12.2. The Balaban J connectivity index is 1.84. The van der Waals surface area contributed by atoms with Gasteiger partial charge in [0.05, 0.1) is 17.6 Å². The molecule has 2 aromatic rings. The molecule has 2 heterocycles. The quantitative estimate of drug-likeness (QED) is 0.772. The van der Waals surface area contributed by atoms with E-state index in [0.717, 1.165) is 28.6 Å². The van der Waals surface area contributed by atoms with Gasteiger partial charge in [-0.25, -0.2) is 9.97 Å². The zero-order valence-corrected chi connectivity index (χ0v) is 11.4. The molecule has 1 aliphatic rings. The van der Waals surface area contributed by atoms with Crippen LogP contribution in [0.1, 0.15) is 17.0 Å². The summed E-state index contributed by atoms with van der Waals surface area (Å²) in [6.45, 7) is 4.03. The Labute approximate surface area is 117 Å². The molecule has 1 aromatic carbocycles. The molecule has 0 aliphatic carbocycles. The van der Waals surface area contributed by atoms with E-state index in [1.807, 2.05) is 30.5 Å². The highest BCUT2D eigenvalue weighted by molar-refractivity contribution is 7.99. The summed E-state index contributed by atoms with van der Waals surface area (Å²) in [5, 5.41) is 1.05. The number of thioether (sulfide) groups is 1. The van der Waals surface area contributed by atoms with Gasteiger partial charge >= 0.3 is 0 Å². The lowest BCUT2D eigenvalue weighted by Gasteiger charge is -2.15. The predicted molar refractivity (Wildman–Crippen MR) is 81.0 cm³/mol. The Morgan fingerprint density at radius 2 is 2.00 bits per heavy atom. The Hall–Kier alpha value is -1.87. The molecule has 0 radical (unpaired) electrons. The number of nitrogens with zero attached hydrogens (tertiary/aromatic N) is 2. The molecule has 0 spiro atoms. The van der Waals surface area contributed by atoms with Crippen LogP contribution in [0.15, 0.2) is 53.7 Å². The van der Waals surface area contributed by atoms with Crippen LogP contribution >= 0.6 is 11.8 Å². The zero-order valence-electron chi connectivity index (χ0n) is 10.5. The highest BCUT2D eigenvalue weighted by Gasteiger charge is 2.14. The fourth-order valence-electron chi connectivity index (χ4n) is 1.95. The zero-order chi connectivity index (χ0) is 13.1. The van der Waals surface area contributed by atoms with Gasteiger partial charge in [-0.15, -0.1) is 11.8 Å². The molecule has 0 fully saturated rings. The van der Waals surface area contributed by atoms with Crippen molar-refractivity contribution in [1.29, 1.82) is 0 Å². The molecule has 3 rings (SSSR count). The van der Waals surface area contributed by atoms with E-state index in [-0.39, 0.29) is 0 Å². The van der Waals surface area contributed by atoms with Gasteiger partial charge in [0.1, 0.15) is 5.03 Å². The monoisotopic (exact) mass is 266 g/mol. The van der Waals surface area contributed by atoms with Crippen LogP contribution in [0.4, 0.5) is 0 Å². The average Bonchev–Trinajstić information content (AvgIpc) is 2.46. The molecule has 94 valence electrons. The molecule has 0 N–H and O–H groups in total. The van der Waals surface area contributed by atoms with Gasteiger partial charge in [0.25, 0.3) is 0 Å². The smallest absolute Gasteiger partial charge is 0.118 e. The van der Waals surface area contributed by atoms with Crippen molar-refractivity contribution >= 4 is 23.9 Å². The molecular formula is C16H14N2S. The topological polar surface area (TPSA) is 25.8 Å². The minimum atomic E-state index is 0.850. The molecule has 1 aromatic heterocycles. The predicted octanol–water partition coefficient (Wildman–Crippen LogP) is 3.85. The van der Waals surface area contributed by atoms with Crippen molar-refractivity contribution in [3.05, 3.63) is 65.6 Å². The van der Waals surface area contributed by atoms with E-state index in [2.05, 4.69) is 34.8 Å². The number of benzene rings is 1. The summed E-state index contributed by atoms with van der Waals surface area (Å²) in [6.07, 6.45) is 6.74. The highest BCUT2D eigenvalue weighted by Crippen LogP contribution is 2.28. The lowest BCUT2D eigenvalue weighted by molar-refractivity contribution is 0.902. The van der Waals surface area contributed by atoms with Crippen molar-refractivity contribution in [3.8, 4) is 0 Å². The third-order valence-corrected chi connectivity index (χ3v) is 4.07. The van der Waals surface area contributed by atoms with Gasteiger partial charge in [-0.05, 0) is 11.6 Å². The molecule has 0 saturated carbocycles. The summed E-state index contributed by atoms with van der Waals surface area (Å²) in [6, 6.07) is 10.2. The maximum Gasteiger partial charge on any atom is 0.118 e. The van der Waals surface area contributed by atoms with Crippen molar-refractivity contribution in [2.45, 2.75) is 11.4 Å². The largest absolute Gasteiger partial charge is 0.249 e. The van der Waals surface area contributed by atoms with E-state index in [4.69, 9.17) is 0 Å². The van der Waals surface area contributed by atoms with Crippen LogP contribution in [-0.4, -0.2) is 15.7 Å². The third-order valence-electron chi connectivity index (χ3n) is 2.90. The Morgan fingerprint density at radius 3 is 2.84 bits per heavy atom. The van der Waals surface area contributed by atoms with Crippen molar-refractivity contribution in [3.63, 3.8) is 0 Å². The minimum Gasteiger partial charge on any atom is -0.249 e. The summed E-state index contributed by atoms with van der Waals surface area (Å²) in [4.78, 5) is 9.12. The molecule has 2 nitrogen and oxygen atoms in total. The molecular weight excluding hydrogens is 252 g/mol. The SMILES string of the molecule is C=C1CSc2ncc(/C=C/c3ccccc3)nc2C1. The van der Waals surface area contributed by atoms with Crippen molar-refractivity contribution in [1.82, 2.24) is 9.97 Å². The summed E-state index contributed by atoms with van der Waals surface area (Å²) < 4.78 is 0. The first-order valence-electron chi connectivity index (χ1n) is 6.20. The Morgan fingerprint density at radius 1 is 1.16 bits per heavy atom. The fraction of sp³-hybridized carbons (Fsp3) is 0.125. The summed E-state index contributed by atoms with van der Waals surface area (Å²) in [7, 11) is 0. The van der Waals surface area contributed by atoms with Gasteiger partial charge < -0.3 is 0 Å². The van der Waals surface area contributed by atoms with E-state index in [1.165, 1.54) is 11.1 Å². The third kappa shape index (κ3) is 2.93. The van der Waals surface area contributed by atoms with E-state index < -0.39 is 0 Å². The molecule has 19 heavy (non-hydrogen) atoms. The van der Waals surface area contributed by atoms with Crippen molar-refractivity contribution in [2.24, 2.45) is 0 Å². The lowest BCUT2D eigenvalue weighted by atomic mass is 10.2. The summed E-state index contributed by atoms with van der Waals surface area (Å²) in [5.74, 6) is 0.959. The van der Waals surface area contributed by atoms with Crippen LogP contribution in [0.2, 0.25) is 0 Å². The van der Waals surface area contributed by atoms with Crippen LogP contribution < -0.4 is 0 Å². The highest BCUT2D eigenvalue weighted by atomic mass is 32.2. The van der Waals surface area contributed by atoms with Gasteiger partial charge in [0.15, 0.2) is 0 Å². The first-order chi connectivity index (χ1) is 9.31. The number of hydrogen-bond acceptors (Lipinski definition) is 3. The Kier molecular flexibility index (Phi) is 3.47. The van der Waals surface area contributed by atoms with Gasteiger partial charge in [-0.3, -0.25) is 0 Å². The molecule has 0 saturated heterocycles. The van der Waals surface area contributed by atoms with Gasteiger partial charge in [-0.2, -0.15) is 0 Å². The maximum absolute atomic E-state index is 4.65. The van der Waals surface area contributed by atoms with Crippen LogP contribution in [0.5, 0.6) is 0 Å². The van der Waals surface area contributed by atoms with Crippen LogP contribution in [0.3, 0.4) is 0 Å². The molecule has 0 bridgehead atoms. The molecule has 0 atom stereocenters. The minimum absolute atomic E-state index is 0.850. The van der Waals surface area contributed by atoms with Gasteiger partial charge in [0.2, 0.25) is 0 Å². The molecule has 3 heteroatoms. The number of rotatable bonds is 2. The molecule has 1 aliphatic heterocycles. The Bertz CT molecular complexity index is 632. The van der Waals surface area contributed by atoms with Gasteiger partial charge in [0, 0.05) is 12.2 Å². The van der Waals surface area contributed by atoms with E-state index in [0.29, 0.717) is 0 Å². The van der Waals surface area contributed by atoms with E-state index in [9.17, 15) is 0 Å². The van der Waals surface area contributed by atoms with Gasteiger partial charge in [-0.1, -0.05) is 48.6 Å². The lowest BCUT2D eigenvalue weighted by Crippen LogP contribution is -2.06. The van der Waals surface area contributed by atoms with Crippen LogP contribution in [-0.2, 0) is 6.42 Å². The van der Waals surface area contributed by atoms with Crippen molar-refractivity contribution < 1.29 is 0 Å².